The van der Waals surface area contributed by atoms with Crippen LogP contribution >= 0.6 is 0 Å². The predicted octanol–water partition coefficient (Wildman–Crippen LogP) is 3.47. The quantitative estimate of drug-likeness (QED) is 0.842. The summed E-state index contributed by atoms with van der Waals surface area (Å²) >= 11 is 0. The van der Waals surface area contributed by atoms with E-state index in [4.69, 9.17) is 0 Å². The molecule has 1 saturated carbocycles. The standard InChI is InChI=1S/C17H22FNO/c1-12-10-14(18)8-7-13(12)11-19-9-3-5-16(19)15-4-2-6-17(15)20/h7-8,10,15-16H,2-6,9,11H2,1H3. The molecule has 108 valence electrons. The zero-order valence-corrected chi connectivity index (χ0v) is 12.1. The van der Waals surface area contributed by atoms with Gasteiger partial charge in [-0.2, -0.15) is 0 Å². The number of halogens is 1. The summed E-state index contributed by atoms with van der Waals surface area (Å²) in [5, 5.41) is 0. The van der Waals surface area contributed by atoms with Crippen molar-refractivity contribution in [3.63, 3.8) is 0 Å². The molecule has 1 aromatic rings. The predicted molar refractivity (Wildman–Crippen MR) is 76.9 cm³/mol. The summed E-state index contributed by atoms with van der Waals surface area (Å²) in [5.74, 6) is 0.533. The molecule has 1 aliphatic carbocycles. The second kappa shape index (κ2) is 5.65. The SMILES string of the molecule is Cc1cc(F)ccc1CN1CCCC1C1CCCC1=O. The van der Waals surface area contributed by atoms with Crippen molar-refractivity contribution >= 4 is 5.78 Å². The number of carbonyl (C=O) groups is 1. The van der Waals surface area contributed by atoms with Crippen LogP contribution in [0.15, 0.2) is 18.2 Å². The zero-order valence-electron chi connectivity index (χ0n) is 12.1. The third-order valence-corrected chi connectivity index (χ3v) is 4.91. The van der Waals surface area contributed by atoms with Crippen molar-refractivity contribution in [1.82, 2.24) is 4.90 Å². The van der Waals surface area contributed by atoms with E-state index < -0.39 is 0 Å². The van der Waals surface area contributed by atoms with E-state index in [0.717, 1.165) is 44.3 Å². The van der Waals surface area contributed by atoms with Gasteiger partial charge in [-0.25, -0.2) is 4.39 Å². The summed E-state index contributed by atoms with van der Waals surface area (Å²) in [5.41, 5.74) is 2.19. The molecule has 1 saturated heterocycles. The van der Waals surface area contributed by atoms with Gasteiger partial charge in [0.2, 0.25) is 0 Å². The molecular weight excluding hydrogens is 253 g/mol. The second-order valence-electron chi connectivity index (χ2n) is 6.22. The smallest absolute Gasteiger partial charge is 0.137 e. The van der Waals surface area contributed by atoms with E-state index in [9.17, 15) is 9.18 Å². The van der Waals surface area contributed by atoms with E-state index in [-0.39, 0.29) is 11.7 Å². The number of ketones is 1. The van der Waals surface area contributed by atoms with Crippen LogP contribution in [0.3, 0.4) is 0 Å². The highest BCUT2D eigenvalue weighted by molar-refractivity contribution is 5.83. The topological polar surface area (TPSA) is 20.3 Å². The molecule has 3 heteroatoms. The summed E-state index contributed by atoms with van der Waals surface area (Å²) in [7, 11) is 0. The zero-order chi connectivity index (χ0) is 14.1. The Morgan fingerprint density at radius 3 is 2.85 bits per heavy atom. The Bertz CT molecular complexity index is 514. The number of benzene rings is 1. The molecular formula is C17H22FNO. The van der Waals surface area contributed by atoms with E-state index in [1.807, 2.05) is 13.0 Å². The minimum atomic E-state index is -0.171. The lowest BCUT2D eigenvalue weighted by atomic mass is 9.94. The lowest BCUT2D eigenvalue weighted by Crippen LogP contribution is -2.37. The first kappa shape index (κ1) is 13.7. The first-order valence-electron chi connectivity index (χ1n) is 7.67. The van der Waals surface area contributed by atoms with Crippen LogP contribution in [0.4, 0.5) is 4.39 Å². The number of rotatable bonds is 3. The summed E-state index contributed by atoms with van der Waals surface area (Å²) in [6.45, 7) is 3.87. The number of hydrogen-bond acceptors (Lipinski definition) is 2. The van der Waals surface area contributed by atoms with Crippen LogP contribution < -0.4 is 0 Å². The molecule has 1 aromatic carbocycles. The van der Waals surface area contributed by atoms with Gasteiger partial charge < -0.3 is 0 Å². The fourth-order valence-electron chi connectivity index (χ4n) is 3.81. The van der Waals surface area contributed by atoms with Gasteiger partial charge in [0.25, 0.3) is 0 Å². The van der Waals surface area contributed by atoms with E-state index in [1.54, 1.807) is 6.07 Å². The maximum Gasteiger partial charge on any atom is 0.137 e. The van der Waals surface area contributed by atoms with Crippen LogP contribution in [0, 0.1) is 18.7 Å². The van der Waals surface area contributed by atoms with Crippen molar-refractivity contribution in [2.24, 2.45) is 5.92 Å². The minimum absolute atomic E-state index is 0.171. The molecule has 1 aliphatic heterocycles. The fourth-order valence-corrected chi connectivity index (χ4v) is 3.81. The van der Waals surface area contributed by atoms with E-state index in [2.05, 4.69) is 4.90 Å². The van der Waals surface area contributed by atoms with Crippen molar-refractivity contribution in [3.8, 4) is 0 Å². The first-order valence-corrected chi connectivity index (χ1v) is 7.67. The molecule has 0 N–H and O–H groups in total. The monoisotopic (exact) mass is 275 g/mol. The number of aryl methyl sites for hydroxylation is 1. The Balaban J connectivity index is 1.74. The van der Waals surface area contributed by atoms with Gasteiger partial charge in [0, 0.05) is 24.9 Å². The summed E-state index contributed by atoms with van der Waals surface area (Å²) in [4.78, 5) is 14.4. The molecule has 20 heavy (non-hydrogen) atoms. The minimum Gasteiger partial charge on any atom is -0.299 e. The number of Topliss-reactive ketones (excluding diaryl/α,β-unsaturated/α-hetero) is 1. The van der Waals surface area contributed by atoms with Crippen LogP contribution in [-0.4, -0.2) is 23.3 Å². The largest absolute Gasteiger partial charge is 0.299 e. The summed E-state index contributed by atoms with van der Waals surface area (Å²) in [6, 6.07) is 5.43. The van der Waals surface area contributed by atoms with E-state index in [1.165, 1.54) is 18.1 Å². The summed E-state index contributed by atoms with van der Waals surface area (Å²) < 4.78 is 13.2. The number of carbonyl (C=O) groups excluding carboxylic acids is 1. The molecule has 0 spiro atoms. The Kier molecular flexibility index (Phi) is 3.88. The number of nitrogens with zero attached hydrogens (tertiary/aromatic N) is 1. The molecule has 0 amide bonds. The van der Waals surface area contributed by atoms with Gasteiger partial charge in [0.15, 0.2) is 0 Å². The molecule has 2 fully saturated rings. The van der Waals surface area contributed by atoms with Gasteiger partial charge in [0.1, 0.15) is 11.6 Å². The molecule has 0 bridgehead atoms. The first-order chi connectivity index (χ1) is 9.65. The third kappa shape index (κ3) is 2.64. The van der Waals surface area contributed by atoms with Crippen LogP contribution in [0.1, 0.15) is 43.2 Å². The molecule has 2 nitrogen and oxygen atoms in total. The number of hydrogen-bond donors (Lipinski definition) is 0. The fraction of sp³-hybridized carbons (Fsp3) is 0.588. The molecule has 1 heterocycles. The highest BCUT2D eigenvalue weighted by Gasteiger charge is 2.37. The van der Waals surface area contributed by atoms with Gasteiger partial charge in [-0.15, -0.1) is 0 Å². The van der Waals surface area contributed by atoms with Gasteiger partial charge in [0.05, 0.1) is 0 Å². The van der Waals surface area contributed by atoms with Crippen LogP contribution in [0.25, 0.3) is 0 Å². The van der Waals surface area contributed by atoms with Crippen molar-refractivity contribution in [3.05, 3.63) is 35.1 Å². The Morgan fingerprint density at radius 2 is 2.15 bits per heavy atom. The number of likely N-dealkylation sites (tertiary alicyclic amines) is 1. The lowest BCUT2D eigenvalue weighted by molar-refractivity contribution is -0.122. The Labute approximate surface area is 120 Å². The highest BCUT2D eigenvalue weighted by atomic mass is 19.1. The Hall–Kier alpha value is -1.22. The lowest BCUT2D eigenvalue weighted by Gasteiger charge is -2.29. The van der Waals surface area contributed by atoms with Gasteiger partial charge in [-0.05, 0) is 62.4 Å². The maximum absolute atomic E-state index is 13.2. The molecule has 2 atom stereocenters. The van der Waals surface area contributed by atoms with Gasteiger partial charge in [-0.1, -0.05) is 6.07 Å². The maximum atomic E-state index is 13.2. The summed E-state index contributed by atoms with van der Waals surface area (Å²) in [6.07, 6.45) is 5.20. The third-order valence-electron chi connectivity index (χ3n) is 4.91. The van der Waals surface area contributed by atoms with Crippen molar-refractivity contribution < 1.29 is 9.18 Å². The Morgan fingerprint density at radius 1 is 1.30 bits per heavy atom. The average molecular weight is 275 g/mol. The molecule has 0 aromatic heterocycles. The van der Waals surface area contributed by atoms with Crippen molar-refractivity contribution in [2.75, 3.05) is 6.54 Å². The van der Waals surface area contributed by atoms with E-state index >= 15 is 0 Å². The van der Waals surface area contributed by atoms with Crippen LogP contribution in [-0.2, 0) is 11.3 Å². The normalized spacial score (nSPS) is 27.4. The highest BCUT2D eigenvalue weighted by Crippen LogP contribution is 2.34. The second-order valence-corrected chi connectivity index (χ2v) is 6.22. The van der Waals surface area contributed by atoms with Crippen molar-refractivity contribution in [1.29, 1.82) is 0 Å². The molecule has 2 unspecified atom stereocenters. The van der Waals surface area contributed by atoms with Crippen molar-refractivity contribution in [2.45, 2.75) is 51.6 Å². The van der Waals surface area contributed by atoms with Gasteiger partial charge in [-0.3, -0.25) is 9.69 Å². The van der Waals surface area contributed by atoms with Crippen LogP contribution in [0.5, 0.6) is 0 Å². The molecule has 2 aliphatic rings. The van der Waals surface area contributed by atoms with Crippen LogP contribution in [0.2, 0.25) is 0 Å². The molecule has 0 radical (unpaired) electrons. The molecule has 3 rings (SSSR count). The van der Waals surface area contributed by atoms with Gasteiger partial charge >= 0.3 is 0 Å². The van der Waals surface area contributed by atoms with E-state index in [0.29, 0.717) is 11.8 Å². The average Bonchev–Trinajstić information content (AvgIpc) is 3.01.